The SMILES string of the molecule is O=C(/C=C/c1ccc(F)cc1)Nc1nnc(CCl)s1. The lowest BCUT2D eigenvalue weighted by atomic mass is 10.2. The standard InChI is InChI=1S/C12H9ClFN3OS/c13-7-11-16-17-12(19-11)15-10(18)6-3-8-1-4-9(14)5-2-8/h1-6H,7H2,(H,15,17,18)/b6-3+. The molecule has 1 amide bonds. The van der Waals surface area contributed by atoms with E-state index in [0.29, 0.717) is 10.1 Å². The van der Waals surface area contributed by atoms with E-state index in [1.165, 1.54) is 29.5 Å². The van der Waals surface area contributed by atoms with Crippen molar-refractivity contribution < 1.29 is 9.18 Å². The minimum atomic E-state index is -0.332. The highest BCUT2D eigenvalue weighted by molar-refractivity contribution is 7.15. The zero-order valence-electron chi connectivity index (χ0n) is 9.64. The fourth-order valence-corrected chi connectivity index (χ4v) is 2.06. The molecular weight excluding hydrogens is 289 g/mol. The van der Waals surface area contributed by atoms with Crippen molar-refractivity contribution in [2.24, 2.45) is 0 Å². The van der Waals surface area contributed by atoms with Crippen molar-refractivity contribution >= 4 is 40.1 Å². The van der Waals surface area contributed by atoms with Crippen molar-refractivity contribution in [2.75, 3.05) is 5.32 Å². The van der Waals surface area contributed by atoms with E-state index in [0.717, 1.165) is 5.56 Å². The van der Waals surface area contributed by atoms with E-state index in [1.54, 1.807) is 18.2 Å². The molecule has 7 heteroatoms. The summed E-state index contributed by atoms with van der Waals surface area (Å²) in [5.41, 5.74) is 0.732. The molecule has 19 heavy (non-hydrogen) atoms. The Hall–Kier alpha value is -1.79. The predicted octanol–water partition coefficient (Wildman–Crippen LogP) is 3.07. The quantitative estimate of drug-likeness (QED) is 0.697. The number of amides is 1. The molecule has 2 rings (SSSR count). The summed E-state index contributed by atoms with van der Waals surface area (Å²) in [6.45, 7) is 0. The maximum atomic E-state index is 12.7. The zero-order valence-corrected chi connectivity index (χ0v) is 11.2. The minimum Gasteiger partial charge on any atom is -0.297 e. The number of rotatable bonds is 4. The lowest BCUT2D eigenvalue weighted by molar-refractivity contribution is -0.111. The predicted molar refractivity (Wildman–Crippen MR) is 73.5 cm³/mol. The Balaban J connectivity index is 1.95. The van der Waals surface area contributed by atoms with Crippen LogP contribution in [-0.4, -0.2) is 16.1 Å². The van der Waals surface area contributed by atoms with Crippen LogP contribution >= 0.6 is 22.9 Å². The van der Waals surface area contributed by atoms with E-state index in [2.05, 4.69) is 15.5 Å². The molecule has 0 bridgehead atoms. The molecule has 98 valence electrons. The summed E-state index contributed by atoms with van der Waals surface area (Å²) in [4.78, 5) is 11.6. The van der Waals surface area contributed by atoms with Gasteiger partial charge in [0.05, 0.1) is 5.88 Å². The van der Waals surface area contributed by atoms with Crippen molar-refractivity contribution in [3.63, 3.8) is 0 Å². The first-order valence-electron chi connectivity index (χ1n) is 5.30. The molecule has 4 nitrogen and oxygen atoms in total. The smallest absolute Gasteiger partial charge is 0.250 e. The lowest BCUT2D eigenvalue weighted by Crippen LogP contribution is -2.07. The number of alkyl halides is 1. The molecule has 0 radical (unpaired) electrons. The second kappa shape index (κ2) is 6.40. The number of carbonyl (C=O) groups is 1. The Labute approximate surface area is 117 Å². The largest absolute Gasteiger partial charge is 0.297 e. The molecular formula is C12H9ClFN3OS. The average Bonchev–Trinajstić information content (AvgIpc) is 2.86. The van der Waals surface area contributed by atoms with E-state index < -0.39 is 0 Å². The highest BCUT2D eigenvalue weighted by Gasteiger charge is 2.04. The van der Waals surface area contributed by atoms with Crippen LogP contribution in [-0.2, 0) is 10.7 Å². The first-order chi connectivity index (χ1) is 9.17. The molecule has 0 aliphatic rings. The van der Waals surface area contributed by atoms with E-state index in [1.807, 2.05) is 0 Å². The second-order valence-corrected chi connectivity index (χ2v) is 4.84. The van der Waals surface area contributed by atoms with Crippen LogP contribution in [0.25, 0.3) is 6.08 Å². The normalized spacial score (nSPS) is 10.8. The third-order valence-corrected chi connectivity index (χ3v) is 3.36. The molecule has 1 aromatic heterocycles. The molecule has 0 saturated carbocycles. The molecule has 0 aliphatic heterocycles. The number of carbonyl (C=O) groups excluding carboxylic acids is 1. The van der Waals surface area contributed by atoms with Gasteiger partial charge in [-0.05, 0) is 23.8 Å². The third kappa shape index (κ3) is 4.11. The molecule has 2 aromatic rings. The molecule has 1 aromatic carbocycles. The van der Waals surface area contributed by atoms with Crippen LogP contribution < -0.4 is 5.32 Å². The summed E-state index contributed by atoms with van der Waals surface area (Å²) in [5, 5.41) is 11.1. The van der Waals surface area contributed by atoms with Crippen LogP contribution in [0.1, 0.15) is 10.6 Å². The van der Waals surface area contributed by atoms with E-state index in [4.69, 9.17) is 11.6 Å². The average molecular weight is 298 g/mol. The van der Waals surface area contributed by atoms with Crippen LogP contribution in [0.3, 0.4) is 0 Å². The summed E-state index contributed by atoms with van der Waals surface area (Å²) < 4.78 is 12.7. The van der Waals surface area contributed by atoms with Crippen LogP contribution in [0.4, 0.5) is 9.52 Å². The van der Waals surface area contributed by atoms with Gasteiger partial charge in [0.15, 0.2) is 0 Å². The fourth-order valence-electron chi connectivity index (χ4n) is 1.25. The van der Waals surface area contributed by atoms with E-state index in [-0.39, 0.29) is 17.6 Å². The van der Waals surface area contributed by atoms with Crippen LogP contribution in [0.2, 0.25) is 0 Å². The van der Waals surface area contributed by atoms with Crippen molar-refractivity contribution in [1.29, 1.82) is 0 Å². The summed E-state index contributed by atoms with van der Waals surface area (Å²) in [6, 6.07) is 5.81. The minimum absolute atomic E-state index is 0.263. The van der Waals surface area contributed by atoms with Crippen molar-refractivity contribution in [1.82, 2.24) is 10.2 Å². The highest BCUT2D eigenvalue weighted by Crippen LogP contribution is 2.16. The van der Waals surface area contributed by atoms with Gasteiger partial charge in [-0.25, -0.2) is 4.39 Å². The Morgan fingerprint density at radius 3 is 2.74 bits per heavy atom. The first kappa shape index (κ1) is 13.6. The maximum Gasteiger partial charge on any atom is 0.250 e. The van der Waals surface area contributed by atoms with E-state index in [9.17, 15) is 9.18 Å². The topological polar surface area (TPSA) is 54.9 Å². The molecule has 0 saturated heterocycles. The lowest BCUT2D eigenvalue weighted by Gasteiger charge is -1.95. The number of hydrogen-bond acceptors (Lipinski definition) is 4. The maximum absolute atomic E-state index is 12.7. The Kier molecular flexibility index (Phi) is 4.59. The van der Waals surface area contributed by atoms with Gasteiger partial charge in [0, 0.05) is 6.08 Å². The molecule has 0 aliphatic carbocycles. The summed E-state index contributed by atoms with van der Waals surface area (Å²) >= 11 is 6.80. The summed E-state index contributed by atoms with van der Waals surface area (Å²) in [7, 11) is 0. The van der Waals surface area contributed by atoms with Gasteiger partial charge in [-0.3, -0.25) is 10.1 Å². The van der Waals surface area contributed by atoms with Crippen molar-refractivity contribution in [3.05, 3.63) is 46.7 Å². The first-order valence-corrected chi connectivity index (χ1v) is 6.65. The Bertz CT molecular complexity index is 597. The second-order valence-electron chi connectivity index (χ2n) is 3.51. The van der Waals surface area contributed by atoms with Crippen LogP contribution in [0.15, 0.2) is 30.3 Å². The molecule has 0 fully saturated rings. The number of hydrogen-bond donors (Lipinski definition) is 1. The monoisotopic (exact) mass is 297 g/mol. The number of benzene rings is 1. The van der Waals surface area contributed by atoms with Gasteiger partial charge in [0.25, 0.3) is 0 Å². The summed E-state index contributed by atoms with van der Waals surface area (Å²) in [5.74, 6) is -0.385. The van der Waals surface area contributed by atoms with Gasteiger partial charge in [0.2, 0.25) is 11.0 Å². The molecule has 0 spiro atoms. The number of anilines is 1. The van der Waals surface area contributed by atoms with Crippen molar-refractivity contribution in [2.45, 2.75) is 5.88 Å². The fraction of sp³-hybridized carbons (Fsp3) is 0.0833. The Morgan fingerprint density at radius 2 is 2.11 bits per heavy atom. The van der Waals surface area contributed by atoms with Gasteiger partial charge < -0.3 is 0 Å². The highest BCUT2D eigenvalue weighted by atomic mass is 35.5. The molecule has 0 atom stereocenters. The van der Waals surface area contributed by atoms with Gasteiger partial charge in [0.1, 0.15) is 10.8 Å². The zero-order chi connectivity index (χ0) is 13.7. The van der Waals surface area contributed by atoms with Crippen molar-refractivity contribution in [3.8, 4) is 0 Å². The number of halogens is 2. The van der Waals surface area contributed by atoms with Gasteiger partial charge >= 0.3 is 0 Å². The van der Waals surface area contributed by atoms with Gasteiger partial charge in [-0.2, -0.15) is 0 Å². The number of nitrogens with one attached hydrogen (secondary N) is 1. The number of aromatic nitrogens is 2. The third-order valence-electron chi connectivity index (χ3n) is 2.11. The van der Waals surface area contributed by atoms with Gasteiger partial charge in [-0.15, -0.1) is 21.8 Å². The van der Waals surface area contributed by atoms with Crippen LogP contribution in [0, 0.1) is 5.82 Å². The summed E-state index contributed by atoms with van der Waals surface area (Å²) in [6.07, 6.45) is 2.92. The molecule has 0 unspecified atom stereocenters. The van der Waals surface area contributed by atoms with Gasteiger partial charge in [-0.1, -0.05) is 23.5 Å². The number of nitrogens with zero attached hydrogens (tertiary/aromatic N) is 2. The van der Waals surface area contributed by atoms with Crippen LogP contribution in [0.5, 0.6) is 0 Å². The molecule has 1 heterocycles. The molecule has 1 N–H and O–H groups in total. The van der Waals surface area contributed by atoms with E-state index >= 15 is 0 Å². The Morgan fingerprint density at radius 1 is 1.37 bits per heavy atom.